The lowest BCUT2D eigenvalue weighted by Gasteiger charge is -2.19. The summed E-state index contributed by atoms with van der Waals surface area (Å²) < 4.78 is 0. The number of aromatic nitrogens is 1. The minimum absolute atomic E-state index is 0.512. The molecule has 1 heterocycles. The van der Waals surface area contributed by atoms with E-state index in [4.69, 9.17) is 4.98 Å². The Bertz CT molecular complexity index is 396. The van der Waals surface area contributed by atoms with Gasteiger partial charge in [0, 0.05) is 24.5 Å². The highest BCUT2D eigenvalue weighted by molar-refractivity contribution is 7.15. The summed E-state index contributed by atoms with van der Waals surface area (Å²) in [5.74, 6) is 1.43. The zero-order chi connectivity index (χ0) is 13.8. The van der Waals surface area contributed by atoms with Crippen LogP contribution in [-0.2, 0) is 6.54 Å². The largest absolute Gasteiger partial charge is 0.348 e. The van der Waals surface area contributed by atoms with Crippen molar-refractivity contribution in [1.29, 1.82) is 0 Å². The van der Waals surface area contributed by atoms with Crippen LogP contribution in [0.3, 0.4) is 0 Å². The van der Waals surface area contributed by atoms with E-state index in [0.717, 1.165) is 25.6 Å². The molecule has 0 atom stereocenters. The lowest BCUT2D eigenvalue weighted by Crippen LogP contribution is -2.25. The number of hydrogen-bond acceptors (Lipinski definition) is 4. The Balaban J connectivity index is 2.14. The van der Waals surface area contributed by atoms with Gasteiger partial charge in [-0.1, -0.05) is 20.8 Å². The van der Waals surface area contributed by atoms with Gasteiger partial charge in [0.15, 0.2) is 5.13 Å². The minimum Gasteiger partial charge on any atom is -0.348 e. The molecule has 4 heteroatoms. The molecule has 0 unspecified atom stereocenters. The first-order chi connectivity index (χ1) is 9.15. The van der Waals surface area contributed by atoms with Gasteiger partial charge in [-0.2, -0.15) is 0 Å². The van der Waals surface area contributed by atoms with Gasteiger partial charge in [0.25, 0.3) is 0 Å². The van der Waals surface area contributed by atoms with Crippen molar-refractivity contribution < 1.29 is 0 Å². The molecule has 108 valence electrons. The van der Waals surface area contributed by atoms with Crippen LogP contribution in [0, 0.1) is 5.92 Å². The molecule has 1 saturated carbocycles. The standard InChI is InChI=1S/C15H27N3S/c1-5-16-9-13-14(11(3)4)17-15(19-13)18(6-2)10-12-7-8-12/h11-12,16H,5-10H2,1-4H3. The third-order valence-electron chi connectivity index (χ3n) is 3.63. The van der Waals surface area contributed by atoms with Crippen LogP contribution in [0.25, 0.3) is 0 Å². The third-order valence-corrected chi connectivity index (χ3v) is 4.76. The maximum atomic E-state index is 4.92. The van der Waals surface area contributed by atoms with Gasteiger partial charge in [0.05, 0.1) is 5.69 Å². The van der Waals surface area contributed by atoms with E-state index in [2.05, 4.69) is 37.9 Å². The SMILES string of the molecule is CCNCc1sc(N(CC)CC2CC2)nc1C(C)C. The molecule has 1 aromatic rings. The molecule has 0 amide bonds. The highest BCUT2D eigenvalue weighted by atomic mass is 32.1. The van der Waals surface area contributed by atoms with Crippen LogP contribution in [0.2, 0.25) is 0 Å². The molecule has 0 saturated heterocycles. The highest BCUT2D eigenvalue weighted by Gasteiger charge is 2.26. The molecular weight excluding hydrogens is 254 g/mol. The molecule has 0 aliphatic heterocycles. The molecule has 0 aromatic carbocycles. The van der Waals surface area contributed by atoms with E-state index >= 15 is 0 Å². The summed E-state index contributed by atoms with van der Waals surface area (Å²) in [5, 5.41) is 4.66. The van der Waals surface area contributed by atoms with Gasteiger partial charge in [0.2, 0.25) is 0 Å². The quantitative estimate of drug-likeness (QED) is 0.789. The van der Waals surface area contributed by atoms with Gasteiger partial charge in [0.1, 0.15) is 0 Å². The molecule has 1 aromatic heterocycles. The van der Waals surface area contributed by atoms with Crippen molar-refractivity contribution in [2.45, 2.75) is 53.0 Å². The Kier molecular flexibility index (Phi) is 5.22. The van der Waals surface area contributed by atoms with Gasteiger partial charge in [-0.3, -0.25) is 0 Å². The van der Waals surface area contributed by atoms with Crippen molar-refractivity contribution in [3.8, 4) is 0 Å². The van der Waals surface area contributed by atoms with E-state index in [9.17, 15) is 0 Å². The van der Waals surface area contributed by atoms with E-state index < -0.39 is 0 Å². The van der Waals surface area contributed by atoms with Crippen molar-refractivity contribution in [1.82, 2.24) is 10.3 Å². The zero-order valence-corrected chi connectivity index (χ0v) is 13.5. The van der Waals surface area contributed by atoms with Gasteiger partial charge in [-0.15, -0.1) is 11.3 Å². The second-order valence-electron chi connectivity index (χ2n) is 5.72. The Labute approximate surface area is 121 Å². The zero-order valence-electron chi connectivity index (χ0n) is 12.7. The lowest BCUT2D eigenvalue weighted by molar-refractivity contribution is 0.710. The van der Waals surface area contributed by atoms with Crippen LogP contribution in [0.15, 0.2) is 0 Å². The summed E-state index contributed by atoms with van der Waals surface area (Å²) in [6.45, 7) is 13.1. The maximum absolute atomic E-state index is 4.92. The maximum Gasteiger partial charge on any atom is 0.185 e. The van der Waals surface area contributed by atoms with E-state index in [1.165, 1.54) is 35.1 Å². The van der Waals surface area contributed by atoms with Crippen molar-refractivity contribution in [2.75, 3.05) is 24.5 Å². The fraction of sp³-hybridized carbons (Fsp3) is 0.800. The van der Waals surface area contributed by atoms with E-state index in [-0.39, 0.29) is 0 Å². The fourth-order valence-electron chi connectivity index (χ4n) is 2.26. The van der Waals surface area contributed by atoms with Crippen LogP contribution in [0.4, 0.5) is 5.13 Å². The number of hydrogen-bond donors (Lipinski definition) is 1. The van der Waals surface area contributed by atoms with Crippen molar-refractivity contribution in [3.05, 3.63) is 10.6 Å². The molecule has 1 fully saturated rings. The van der Waals surface area contributed by atoms with Crippen LogP contribution < -0.4 is 10.2 Å². The van der Waals surface area contributed by atoms with Gasteiger partial charge in [-0.05, 0) is 38.1 Å². The first kappa shape index (κ1) is 14.8. The summed E-state index contributed by atoms with van der Waals surface area (Å²) >= 11 is 1.88. The summed E-state index contributed by atoms with van der Waals surface area (Å²) in [6, 6.07) is 0. The highest BCUT2D eigenvalue weighted by Crippen LogP contribution is 2.35. The first-order valence-electron chi connectivity index (χ1n) is 7.60. The average Bonchev–Trinajstić information content (AvgIpc) is 3.11. The van der Waals surface area contributed by atoms with E-state index in [1.807, 2.05) is 11.3 Å². The topological polar surface area (TPSA) is 28.2 Å². The molecule has 1 aliphatic carbocycles. The van der Waals surface area contributed by atoms with Crippen molar-refractivity contribution >= 4 is 16.5 Å². The molecular formula is C15H27N3S. The minimum atomic E-state index is 0.512. The summed E-state index contributed by atoms with van der Waals surface area (Å²) in [6.07, 6.45) is 2.81. The van der Waals surface area contributed by atoms with Crippen LogP contribution >= 0.6 is 11.3 Å². The number of rotatable bonds is 8. The van der Waals surface area contributed by atoms with Gasteiger partial charge < -0.3 is 10.2 Å². The number of nitrogens with zero attached hydrogens (tertiary/aromatic N) is 2. The summed E-state index contributed by atoms with van der Waals surface area (Å²) in [4.78, 5) is 8.80. The number of nitrogens with one attached hydrogen (secondary N) is 1. The summed E-state index contributed by atoms with van der Waals surface area (Å²) in [7, 11) is 0. The molecule has 3 nitrogen and oxygen atoms in total. The Morgan fingerprint density at radius 1 is 1.37 bits per heavy atom. The predicted octanol–water partition coefficient (Wildman–Crippen LogP) is 3.61. The Hall–Kier alpha value is -0.610. The Morgan fingerprint density at radius 2 is 2.11 bits per heavy atom. The van der Waals surface area contributed by atoms with Crippen LogP contribution in [0.1, 0.15) is 57.0 Å². The smallest absolute Gasteiger partial charge is 0.185 e. The molecule has 0 radical (unpaired) electrons. The monoisotopic (exact) mass is 281 g/mol. The predicted molar refractivity (Wildman–Crippen MR) is 84.2 cm³/mol. The molecule has 19 heavy (non-hydrogen) atoms. The number of thiazole rings is 1. The molecule has 0 spiro atoms. The lowest BCUT2D eigenvalue weighted by atomic mass is 10.1. The first-order valence-corrected chi connectivity index (χ1v) is 8.42. The summed E-state index contributed by atoms with van der Waals surface area (Å²) in [5.41, 5.74) is 1.29. The Morgan fingerprint density at radius 3 is 2.63 bits per heavy atom. The molecule has 2 rings (SSSR count). The molecule has 1 aliphatic rings. The number of anilines is 1. The average molecular weight is 281 g/mol. The van der Waals surface area contributed by atoms with Crippen molar-refractivity contribution in [3.63, 3.8) is 0 Å². The second-order valence-corrected chi connectivity index (χ2v) is 6.78. The van der Waals surface area contributed by atoms with E-state index in [1.54, 1.807) is 0 Å². The third kappa shape index (κ3) is 3.93. The second kappa shape index (κ2) is 6.71. The van der Waals surface area contributed by atoms with E-state index in [0.29, 0.717) is 5.92 Å². The van der Waals surface area contributed by atoms with Crippen molar-refractivity contribution in [2.24, 2.45) is 5.92 Å². The van der Waals surface area contributed by atoms with Gasteiger partial charge in [-0.25, -0.2) is 4.98 Å². The van der Waals surface area contributed by atoms with Crippen LogP contribution in [-0.4, -0.2) is 24.6 Å². The molecule has 0 bridgehead atoms. The fourth-order valence-corrected chi connectivity index (χ4v) is 3.51. The van der Waals surface area contributed by atoms with Crippen LogP contribution in [0.5, 0.6) is 0 Å². The molecule has 1 N–H and O–H groups in total. The normalized spacial score (nSPS) is 15.2. The van der Waals surface area contributed by atoms with Gasteiger partial charge >= 0.3 is 0 Å².